The molecule has 1 aromatic carbocycles. The SMILES string of the molecule is COc1cc(/C(=C\C#N)c2csc(C3C=CC=CC3C)n2)cc(OC)c1OC. The van der Waals surface area contributed by atoms with Gasteiger partial charge in [0.05, 0.1) is 33.1 Å². The number of nitriles is 1. The van der Waals surface area contributed by atoms with E-state index in [1.165, 1.54) is 6.08 Å². The molecule has 3 rings (SSSR count). The zero-order valence-corrected chi connectivity index (χ0v) is 17.1. The van der Waals surface area contributed by atoms with Gasteiger partial charge in [-0.1, -0.05) is 31.2 Å². The van der Waals surface area contributed by atoms with E-state index in [2.05, 4.69) is 37.3 Å². The third-order valence-electron chi connectivity index (χ3n) is 4.68. The largest absolute Gasteiger partial charge is 0.493 e. The predicted molar refractivity (Wildman–Crippen MR) is 111 cm³/mol. The van der Waals surface area contributed by atoms with Crippen molar-refractivity contribution in [3.8, 4) is 23.3 Å². The fraction of sp³-hybridized carbons (Fsp3) is 0.273. The van der Waals surface area contributed by atoms with Gasteiger partial charge >= 0.3 is 0 Å². The number of thiazole rings is 1. The van der Waals surface area contributed by atoms with Crippen LogP contribution in [0.3, 0.4) is 0 Å². The molecule has 28 heavy (non-hydrogen) atoms. The highest BCUT2D eigenvalue weighted by molar-refractivity contribution is 7.09. The summed E-state index contributed by atoms with van der Waals surface area (Å²) >= 11 is 1.60. The van der Waals surface area contributed by atoms with Gasteiger partial charge in [-0.15, -0.1) is 11.3 Å². The summed E-state index contributed by atoms with van der Waals surface area (Å²) in [6, 6.07) is 5.79. The van der Waals surface area contributed by atoms with Gasteiger partial charge in [0.25, 0.3) is 0 Å². The van der Waals surface area contributed by atoms with Gasteiger partial charge in [-0.25, -0.2) is 4.98 Å². The van der Waals surface area contributed by atoms with Crippen molar-refractivity contribution in [3.05, 3.63) is 64.2 Å². The normalized spacial score (nSPS) is 18.6. The molecule has 0 spiro atoms. The number of rotatable bonds is 6. The first kappa shape index (κ1) is 19.7. The number of hydrogen-bond acceptors (Lipinski definition) is 6. The Morgan fingerprint density at radius 3 is 2.36 bits per heavy atom. The average molecular weight is 394 g/mol. The molecule has 0 saturated heterocycles. The standard InChI is InChI=1S/C22H22N2O3S/c1-14-7-5-6-8-16(14)22-24-18(13-28-22)17(9-10-23)15-11-19(25-2)21(27-4)20(12-15)26-3/h5-9,11-14,16H,1-4H3/b17-9+. The van der Waals surface area contributed by atoms with Crippen molar-refractivity contribution < 1.29 is 14.2 Å². The van der Waals surface area contributed by atoms with Crippen molar-refractivity contribution in [2.24, 2.45) is 5.92 Å². The van der Waals surface area contributed by atoms with E-state index in [4.69, 9.17) is 19.2 Å². The van der Waals surface area contributed by atoms with Crippen molar-refractivity contribution >= 4 is 16.9 Å². The summed E-state index contributed by atoms with van der Waals surface area (Å²) in [5.41, 5.74) is 2.25. The van der Waals surface area contributed by atoms with Crippen LogP contribution in [0.4, 0.5) is 0 Å². The zero-order valence-electron chi connectivity index (χ0n) is 16.3. The van der Waals surface area contributed by atoms with Crippen molar-refractivity contribution in [1.29, 1.82) is 5.26 Å². The Hall–Kier alpha value is -3.04. The van der Waals surface area contributed by atoms with Crippen LogP contribution in [0.2, 0.25) is 0 Å². The molecule has 0 saturated carbocycles. The first-order valence-electron chi connectivity index (χ1n) is 8.83. The first-order chi connectivity index (χ1) is 13.6. The van der Waals surface area contributed by atoms with E-state index in [0.717, 1.165) is 16.3 Å². The lowest BCUT2D eigenvalue weighted by Gasteiger charge is -2.17. The monoisotopic (exact) mass is 394 g/mol. The number of ether oxygens (including phenoxy) is 3. The van der Waals surface area contributed by atoms with Crippen molar-refractivity contribution in [2.75, 3.05) is 21.3 Å². The first-order valence-corrected chi connectivity index (χ1v) is 9.71. The molecule has 144 valence electrons. The zero-order chi connectivity index (χ0) is 20.1. The second-order valence-electron chi connectivity index (χ2n) is 6.33. The number of hydrogen-bond donors (Lipinski definition) is 0. The summed E-state index contributed by atoms with van der Waals surface area (Å²) < 4.78 is 16.3. The van der Waals surface area contributed by atoms with Gasteiger partial charge in [-0.05, 0) is 23.6 Å². The third-order valence-corrected chi connectivity index (χ3v) is 5.62. The summed E-state index contributed by atoms with van der Waals surface area (Å²) in [6.45, 7) is 2.18. The van der Waals surface area contributed by atoms with E-state index in [0.29, 0.717) is 28.7 Å². The van der Waals surface area contributed by atoms with Gasteiger partial charge in [0, 0.05) is 22.9 Å². The summed E-state index contributed by atoms with van der Waals surface area (Å²) in [5.74, 6) is 2.20. The molecule has 2 aromatic rings. The number of methoxy groups -OCH3 is 3. The minimum Gasteiger partial charge on any atom is -0.493 e. The highest BCUT2D eigenvalue weighted by atomic mass is 32.1. The number of nitrogens with zero attached hydrogens (tertiary/aromatic N) is 2. The maximum Gasteiger partial charge on any atom is 0.203 e. The summed E-state index contributed by atoms with van der Waals surface area (Å²) in [6.07, 6.45) is 9.96. The van der Waals surface area contributed by atoms with Gasteiger partial charge in [0.2, 0.25) is 5.75 Å². The molecule has 0 aliphatic heterocycles. The number of aromatic nitrogens is 1. The molecule has 1 aliphatic rings. The Kier molecular flexibility index (Phi) is 6.17. The minimum atomic E-state index is 0.243. The lowest BCUT2D eigenvalue weighted by molar-refractivity contribution is 0.324. The molecule has 0 bridgehead atoms. The fourth-order valence-corrected chi connectivity index (χ4v) is 4.21. The molecule has 5 nitrogen and oxygen atoms in total. The van der Waals surface area contributed by atoms with Gasteiger partial charge in [-0.2, -0.15) is 5.26 Å². The van der Waals surface area contributed by atoms with Crippen molar-refractivity contribution in [1.82, 2.24) is 4.98 Å². The van der Waals surface area contributed by atoms with Crippen LogP contribution >= 0.6 is 11.3 Å². The Morgan fingerprint density at radius 1 is 1.11 bits per heavy atom. The Balaban J connectivity index is 2.05. The second kappa shape index (κ2) is 8.77. The summed E-state index contributed by atoms with van der Waals surface area (Å²) in [4.78, 5) is 4.83. The Bertz CT molecular complexity index is 957. The number of allylic oxidation sites excluding steroid dienone is 5. The molecule has 2 unspecified atom stereocenters. The van der Waals surface area contributed by atoms with Gasteiger partial charge < -0.3 is 14.2 Å². The number of benzene rings is 1. The van der Waals surface area contributed by atoms with E-state index >= 15 is 0 Å². The van der Waals surface area contributed by atoms with Gasteiger partial charge in [-0.3, -0.25) is 0 Å². The van der Waals surface area contributed by atoms with Gasteiger partial charge in [0.1, 0.15) is 5.01 Å². The Morgan fingerprint density at radius 2 is 1.79 bits per heavy atom. The van der Waals surface area contributed by atoms with E-state index in [-0.39, 0.29) is 5.92 Å². The molecular weight excluding hydrogens is 372 g/mol. The molecule has 1 heterocycles. The molecule has 2 atom stereocenters. The lowest BCUT2D eigenvalue weighted by Crippen LogP contribution is -2.07. The topological polar surface area (TPSA) is 64.4 Å². The second-order valence-corrected chi connectivity index (χ2v) is 7.22. The third kappa shape index (κ3) is 3.80. The van der Waals surface area contributed by atoms with Crippen LogP contribution in [0.25, 0.3) is 5.57 Å². The van der Waals surface area contributed by atoms with Crippen molar-refractivity contribution in [3.63, 3.8) is 0 Å². The van der Waals surface area contributed by atoms with Crippen LogP contribution < -0.4 is 14.2 Å². The van der Waals surface area contributed by atoms with E-state index in [1.54, 1.807) is 32.7 Å². The predicted octanol–water partition coefficient (Wildman–Crippen LogP) is 4.97. The molecule has 0 N–H and O–H groups in total. The summed E-state index contributed by atoms with van der Waals surface area (Å²) in [7, 11) is 4.70. The molecule has 6 heteroatoms. The molecule has 1 aliphatic carbocycles. The highest BCUT2D eigenvalue weighted by Gasteiger charge is 2.22. The van der Waals surface area contributed by atoms with Crippen molar-refractivity contribution in [2.45, 2.75) is 12.8 Å². The minimum absolute atomic E-state index is 0.243. The fourth-order valence-electron chi connectivity index (χ4n) is 3.20. The van der Waals surface area contributed by atoms with Crippen LogP contribution in [0, 0.1) is 17.2 Å². The molecule has 1 aromatic heterocycles. The summed E-state index contributed by atoms with van der Waals surface area (Å²) in [5, 5.41) is 12.4. The van der Waals surface area contributed by atoms with Crippen LogP contribution in [0.5, 0.6) is 17.2 Å². The smallest absolute Gasteiger partial charge is 0.203 e. The quantitative estimate of drug-likeness (QED) is 0.647. The maximum atomic E-state index is 9.35. The average Bonchev–Trinajstić information content (AvgIpc) is 3.20. The molecule has 0 amide bonds. The highest BCUT2D eigenvalue weighted by Crippen LogP contribution is 2.41. The van der Waals surface area contributed by atoms with Crippen LogP contribution in [0.1, 0.15) is 29.1 Å². The van der Waals surface area contributed by atoms with Crippen LogP contribution in [-0.4, -0.2) is 26.3 Å². The van der Waals surface area contributed by atoms with Crippen LogP contribution in [-0.2, 0) is 0 Å². The molecule has 0 radical (unpaired) electrons. The van der Waals surface area contributed by atoms with Crippen LogP contribution in [0.15, 0.2) is 47.9 Å². The Labute approximate surface area is 169 Å². The lowest BCUT2D eigenvalue weighted by atomic mass is 9.90. The van der Waals surface area contributed by atoms with Gasteiger partial charge in [0.15, 0.2) is 11.5 Å². The van der Waals surface area contributed by atoms with E-state index in [9.17, 15) is 5.26 Å². The molecule has 0 fully saturated rings. The van der Waals surface area contributed by atoms with E-state index in [1.807, 2.05) is 17.5 Å². The maximum absolute atomic E-state index is 9.35. The van der Waals surface area contributed by atoms with E-state index < -0.39 is 0 Å². The molecular formula is C22H22N2O3S.